The Morgan fingerprint density at radius 3 is 2.94 bits per heavy atom. The van der Waals surface area contributed by atoms with Gasteiger partial charge in [0.15, 0.2) is 0 Å². The van der Waals surface area contributed by atoms with Gasteiger partial charge >= 0.3 is 0 Å². The quantitative estimate of drug-likeness (QED) is 0.779. The summed E-state index contributed by atoms with van der Waals surface area (Å²) in [6.07, 6.45) is 3.42. The van der Waals surface area contributed by atoms with Gasteiger partial charge in [0.1, 0.15) is 0 Å². The van der Waals surface area contributed by atoms with Gasteiger partial charge in [-0.05, 0) is 59.5 Å². The zero-order valence-electron chi connectivity index (χ0n) is 9.48. The summed E-state index contributed by atoms with van der Waals surface area (Å²) in [5, 5.41) is 5.24. The Bertz CT molecular complexity index is 610. The van der Waals surface area contributed by atoms with E-state index >= 15 is 0 Å². The van der Waals surface area contributed by atoms with E-state index in [0.29, 0.717) is 0 Å². The highest BCUT2D eigenvalue weighted by Gasteiger charge is 2.20. The number of nitrogens with one attached hydrogen (secondary N) is 1. The van der Waals surface area contributed by atoms with E-state index in [-0.39, 0.29) is 0 Å². The molecule has 1 aromatic carbocycles. The van der Waals surface area contributed by atoms with Gasteiger partial charge < -0.3 is 5.32 Å². The van der Waals surface area contributed by atoms with Gasteiger partial charge in [-0.25, -0.2) is 0 Å². The molecule has 0 unspecified atom stereocenters. The van der Waals surface area contributed by atoms with Crippen LogP contribution in [0.15, 0.2) is 12.1 Å². The van der Waals surface area contributed by atoms with E-state index < -0.39 is 0 Å². The van der Waals surface area contributed by atoms with Crippen LogP contribution in [0.1, 0.15) is 17.7 Å². The fraction of sp³-hybridized carbons (Fsp3) is 0.308. The van der Waals surface area contributed by atoms with Crippen LogP contribution in [0, 0.1) is 3.57 Å². The zero-order chi connectivity index (χ0) is 12.0. The summed E-state index contributed by atoms with van der Waals surface area (Å²) in [7, 11) is 1.97. The molecule has 0 atom stereocenters. The highest BCUT2D eigenvalue weighted by atomic mass is 127. The van der Waals surface area contributed by atoms with Crippen LogP contribution in [0.25, 0.3) is 10.9 Å². The molecule has 0 spiro atoms. The first-order chi connectivity index (χ1) is 8.20. The lowest BCUT2D eigenvalue weighted by Crippen LogP contribution is -2.00. The van der Waals surface area contributed by atoms with Crippen molar-refractivity contribution in [3.63, 3.8) is 0 Å². The molecule has 4 heteroatoms. The minimum absolute atomic E-state index is 0.776. The molecule has 3 rings (SSSR count). The van der Waals surface area contributed by atoms with Crippen LogP contribution < -0.4 is 5.32 Å². The molecule has 2 aromatic rings. The number of fused-ring (bicyclic) bond motifs is 2. The van der Waals surface area contributed by atoms with Crippen LogP contribution in [-0.4, -0.2) is 12.0 Å². The van der Waals surface area contributed by atoms with Crippen molar-refractivity contribution in [1.82, 2.24) is 4.98 Å². The summed E-state index contributed by atoms with van der Waals surface area (Å²) in [5.74, 6) is 0. The average molecular weight is 359 g/mol. The Hall–Kier alpha value is -0.550. The van der Waals surface area contributed by atoms with Gasteiger partial charge in [0.05, 0.1) is 5.52 Å². The van der Waals surface area contributed by atoms with Gasteiger partial charge in [-0.2, -0.15) is 0 Å². The molecule has 0 saturated carbocycles. The number of anilines is 1. The standard InChI is InChI=1S/C13H12ClIN2/c1-16-12-8-3-2-4-11(8)17-13-9(12)5-7(14)6-10(13)15/h5-6H,2-4H2,1H3,(H,16,17). The van der Waals surface area contributed by atoms with Crippen LogP contribution in [0.2, 0.25) is 5.02 Å². The highest BCUT2D eigenvalue weighted by molar-refractivity contribution is 14.1. The van der Waals surface area contributed by atoms with Crippen molar-refractivity contribution in [3.8, 4) is 0 Å². The maximum atomic E-state index is 6.14. The molecule has 0 fully saturated rings. The van der Waals surface area contributed by atoms with E-state index in [0.717, 1.165) is 32.3 Å². The number of hydrogen-bond donors (Lipinski definition) is 1. The van der Waals surface area contributed by atoms with Gasteiger partial charge in [-0.1, -0.05) is 11.6 Å². The van der Waals surface area contributed by atoms with E-state index in [9.17, 15) is 0 Å². The molecule has 1 aliphatic carbocycles. The number of benzene rings is 1. The number of nitrogens with zero attached hydrogens (tertiary/aromatic N) is 1. The normalized spacial score (nSPS) is 14.1. The summed E-state index contributed by atoms with van der Waals surface area (Å²) >= 11 is 8.45. The van der Waals surface area contributed by atoms with E-state index in [4.69, 9.17) is 16.6 Å². The predicted molar refractivity (Wildman–Crippen MR) is 81.0 cm³/mol. The Labute approximate surface area is 119 Å². The molecule has 0 amide bonds. The first-order valence-electron chi connectivity index (χ1n) is 5.69. The Balaban J connectivity index is 2.45. The van der Waals surface area contributed by atoms with Gasteiger partial charge in [0.2, 0.25) is 0 Å². The second kappa shape index (κ2) is 4.28. The van der Waals surface area contributed by atoms with Crippen LogP contribution in [-0.2, 0) is 12.8 Å². The van der Waals surface area contributed by atoms with E-state index in [1.807, 2.05) is 19.2 Å². The van der Waals surface area contributed by atoms with Crippen molar-refractivity contribution < 1.29 is 0 Å². The summed E-state index contributed by atoms with van der Waals surface area (Å²) in [4.78, 5) is 4.80. The molecular weight excluding hydrogens is 347 g/mol. The first-order valence-corrected chi connectivity index (χ1v) is 7.14. The number of pyridine rings is 1. The Kier molecular flexibility index (Phi) is 2.91. The molecule has 1 aromatic heterocycles. The third kappa shape index (κ3) is 1.80. The van der Waals surface area contributed by atoms with Crippen molar-refractivity contribution in [2.24, 2.45) is 0 Å². The van der Waals surface area contributed by atoms with Crippen LogP contribution in [0.5, 0.6) is 0 Å². The highest BCUT2D eigenvalue weighted by Crippen LogP contribution is 2.36. The number of aryl methyl sites for hydroxylation is 1. The second-order valence-electron chi connectivity index (χ2n) is 4.30. The van der Waals surface area contributed by atoms with Gasteiger partial charge in [0.25, 0.3) is 0 Å². The van der Waals surface area contributed by atoms with Crippen LogP contribution in [0.3, 0.4) is 0 Å². The third-order valence-electron chi connectivity index (χ3n) is 3.28. The first kappa shape index (κ1) is 11.5. The van der Waals surface area contributed by atoms with Gasteiger partial charge in [-0.3, -0.25) is 4.98 Å². The fourth-order valence-corrected chi connectivity index (χ4v) is 3.72. The molecule has 2 nitrogen and oxygen atoms in total. The summed E-state index contributed by atoms with van der Waals surface area (Å²) in [6.45, 7) is 0. The van der Waals surface area contributed by atoms with Crippen LogP contribution >= 0.6 is 34.2 Å². The minimum Gasteiger partial charge on any atom is -0.387 e. The molecule has 88 valence electrons. The summed E-state index contributed by atoms with van der Waals surface area (Å²) in [6, 6.07) is 3.98. The largest absolute Gasteiger partial charge is 0.387 e. The lowest BCUT2D eigenvalue weighted by molar-refractivity contribution is 0.901. The molecule has 0 saturated heterocycles. The second-order valence-corrected chi connectivity index (χ2v) is 5.90. The van der Waals surface area contributed by atoms with Gasteiger partial charge in [0, 0.05) is 32.4 Å². The lowest BCUT2D eigenvalue weighted by Gasteiger charge is -2.13. The molecule has 1 N–H and O–H groups in total. The average Bonchev–Trinajstić information content (AvgIpc) is 2.74. The molecule has 0 bridgehead atoms. The predicted octanol–water partition coefficient (Wildman–Crippen LogP) is 4.02. The minimum atomic E-state index is 0.776. The zero-order valence-corrected chi connectivity index (χ0v) is 12.4. The molecule has 1 heterocycles. The van der Waals surface area contributed by atoms with Crippen molar-refractivity contribution in [2.45, 2.75) is 19.3 Å². The maximum Gasteiger partial charge on any atom is 0.0860 e. The van der Waals surface area contributed by atoms with Crippen molar-refractivity contribution in [2.75, 3.05) is 12.4 Å². The van der Waals surface area contributed by atoms with E-state index in [2.05, 4.69) is 27.9 Å². The van der Waals surface area contributed by atoms with E-state index in [1.54, 1.807) is 0 Å². The number of rotatable bonds is 1. The monoisotopic (exact) mass is 358 g/mol. The van der Waals surface area contributed by atoms with Crippen molar-refractivity contribution in [1.29, 1.82) is 0 Å². The fourth-order valence-electron chi connectivity index (χ4n) is 2.57. The third-order valence-corrected chi connectivity index (χ3v) is 4.33. The Morgan fingerprint density at radius 1 is 1.35 bits per heavy atom. The SMILES string of the molecule is CNc1c2c(nc3c(I)cc(Cl)cc13)CCC2. The van der Waals surface area contributed by atoms with Crippen molar-refractivity contribution in [3.05, 3.63) is 32.0 Å². The lowest BCUT2D eigenvalue weighted by atomic mass is 10.1. The summed E-state index contributed by atoms with van der Waals surface area (Å²) < 4.78 is 1.12. The number of hydrogen-bond acceptors (Lipinski definition) is 2. The molecule has 0 aliphatic heterocycles. The van der Waals surface area contributed by atoms with E-state index in [1.165, 1.54) is 23.4 Å². The molecular formula is C13H12ClIN2. The number of halogens is 2. The maximum absolute atomic E-state index is 6.14. The molecule has 17 heavy (non-hydrogen) atoms. The molecule has 0 radical (unpaired) electrons. The molecule has 1 aliphatic rings. The van der Waals surface area contributed by atoms with Crippen LogP contribution in [0.4, 0.5) is 5.69 Å². The topological polar surface area (TPSA) is 24.9 Å². The summed E-state index contributed by atoms with van der Waals surface area (Å²) in [5.41, 5.74) is 4.91. The Morgan fingerprint density at radius 2 is 2.18 bits per heavy atom. The smallest absolute Gasteiger partial charge is 0.0860 e. The van der Waals surface area contributed by atoms with Gasteiger partial charge in [-0.15, -0.1) is 0 Å². The number of aromatic nitrogens is 1. The van der Waals surface area contributed by atoms with Crippen molar-refractivity contribution >= 4 is 50.8 Å².